The van der Waals surface area contributed by atoms with Gasteiger partial charge in [-0.2, -0.15) is 0 Å². The van der Waals surface area contributed by atoms with Gasteiger partial charge in [-0.15, -0.1) is 0 Å². The number of carbonyl (C=O) groups is 1. The second-order valence-corrected chi connectivity index (χ2v) is 8.22. The fourth-order valence-corrected chi connectivity index (χ4v) is 3.71. The van der Waals surface area contributed by atoms with Crippen LogP contribution in [0.15, 0.2) is 18.2 Å². The molecule has 0 spiro atoms. The molecule has 1 amide bonds. The molecule has 2 aromatic rings. The van der Waals surface area contributed by atoms with Crippen LogP contribution in [0.5, 0.6) is 0 Å². The summed E-state index contributed by atoms with van der Waals surface area (Å²) in [5.41, 5.74) is 1.11. The van der Waals surface area contributed by atoms with E-state index in [-0.39, 0.29) is 11.3 Å². The van der Waals surface area contributed by atoms with Crippen LogP contribution in [0.25, 0.3) is 10.2 Å². The molecule has 1 aromatic carbocycles. The molecule has 0 fully saturated rings. The first-order valence-electron chi connectivity index (χ1n) is 7.09. The molecule has 0 aliphatic heterocycles. The zero-order chi connectivity index (χ0) is 15.6. The summed E-state index contributed by atoms with van der Waals surface area (Å²) in [5.74, 6) is 0.380. The van der Waals surface area contributed by atoms with E-state index in [4.69, 9.17) is 11.6 Å². The van der Waals surface area contributed by atoms with E-state index in [0.29, 0.717) is 22.5 Å². The molecule has 114 valence electrons. The van der Waals surface area contributed by atoms with Crippen LogP contribution in [-0.4, -0.2) is 10.9 Å². The first-order chi connectivity index (χ1) is 9.73. The van der Waals surface area contributed by atoms with Crippen molar-refractivity contribution >= 4 is 44.2 Å². The van der Waals surface area contributed by atoms with Crippen LogP contribution < -0.4 is 5.32 Å². The Kier molecular flexibility index (Phi) is 4.89. The Labute approximate surface area is 134 Å². The average molecular weight is 325 g/mol. The number of hydrogen-bond acceptors (Lipinski definition) is 3. The highest BCUT2D eigenvalue weighted by atomic mass is 35.5. The second kappa shape index (κ2) is 6.32. The number of rotatable bonds is 4. The maximum absolute atomic E-state index is 12.1. The summed E-state index contributed by atoms with van der Waals surface area (Å²) in [7, 11) is 0. The maximum Gasteiger partial charge on any atom is 0.226 e. The van der Waals surface area contributed by atoms with Gasteiger partial charge in [0, 0.05) is 11.4 Å². The Morgan fingerprint density at radius 3 is 2.81 bits per heavy atom. The van der Waals surface area contributed by atoms with Crippen molar-refractivity contribution in [2.24, 2.45) is 11.3 Å². The van der Waals surface area contributed by atoms with Crippen LogP contribution in [0.1, 0.15) is 40.5 Å². The molecule has 0 saturated heterocycles. The van der Waals surface area contributed by atoms with E-state index in [1.165, 1.54) is 11.3 Å². The van der Waals surface area contributed by atoms with Crippen molar-refractivity contribution in [2.45, 2.75) is 40.5 Å². The summed E-state index contributed by atoms with van der Waals surface area (Å²) in [6, 6.07) is 5.54. The number of hydrogen-bond donors (Lipinski definition) is 1. The number of anilines is 1. The lowest BCUT2D eigenvalue weighted by Gasteiger charge is -2.22. The molecule has 1 heterocycles. The van der Waals surface area contributed by atoms with Gasteiger partial charge in [0.2, 0.25) is 5.91 Å². The standard InChI is InChI=1S/C16H21ClN2OS/c1-10(9-16(2,3)4)7-14(20)19-15-18-12-6-5-11(17)8-13(12)21-15/h5-6,8,10H,7,9H2,1-4H3,(H,18,19,20). The van der Waals surface area contributed by atoms with Crippen LogP contribution in [-0.2, 0) is 4.79 Å². The lowest BCUT2D eigenvalue weighted by molar-refractivity contribution is -0.117. The van der Waals surface area contributed by atoms with E-state index in [0.717, 1.165) is 16.6 Å². The van der Waals surface area contributed by atoms with Crippen LogP contribution in [0.4, 0.5) is 5.13 Å². The van der Waals surface area contributed by atoms with Crippen molar-refractivity contribution in [1.29, 1.82) is 0 Å². The molecular formula is C16H21ClN2OS. The molecule has 2 rings (SSSR count). The zero-order valence-electron chi connectivity index (χ0n) is 12.9. The van der Waals surface area contributed by atoms with Gasteiger partial charge >= 0.3 is 0 Å². The molecule has 0 aliphatic rings. The van der Waals surface area contributed by atoms with E-state index in [9.17, 15) is 4.79 Å². The summed E-state index contributed by atoms with van der Waals surface area (Å²) in [6.07, 6.45) is 1.55. The number of thiazole rings is 1. The Morgan fingerprint density at radius 1 is 1.43 bits per heavy atom. The third kappa shape index (κ3) is 4.97. The lowest BCUT2D eigenvalue weighted by atomic mass is 9.84. The predicted octanol–water partition coefficient (Wildman–Crippen LogP) is 5.35. The smallest absolute Gasteiger partial charge is 0.226 e. The second-order valence-electron chi connectivity index (χ2n) is 6.75. The highest BCUT2D eigenvalue weighted by Crippen LogP contribution is 2.29. The largest absolute Gasteiger partial charge is 0.302 e. The average Bonchev–Trinajstić information content (AvgIpc) is 2.66. The molecule has 0 radical (unpaired) electrons. The third-order valence-electron chi connectivity index (χ3n) is 3.09. The Hall–Kier alpha value is -1.13. The summed E-state index contributed by atoms with van der Waals surface area (Å²) in [5, 5.41) is 4.22. The van der Waals surface area contributed by atoms with Gasteiger partial charge in [-0.25, -0.2) is 4.98 Å². The van der Waals surface area contributed by atoms with Gasteiger partial charge in [0.25, 0.3) is 0 Å². The minimum atomic E-state index is 0.0249. The number of benzene rings is 1. The minimum absolute atomic E-state index is 0.0249. The number of fused-ring (bicyclic) bond motifs is 1. The first kappa shape index (κ1) is 16.2. The quantitative estimate of drug-likeness (QED) is 0.823. The number of nitrogens with one attached hydrogen (secondary N) is 1. The first-order valence-corrected chi connectivity index (χ1v) is 8.28. The van der Waals surface area contributed by atoms with Crippen molar-refractivity contribution in [1.82, 2.24) is 4.98 Å². The predicted molar refractivity (Wildman–Crippen MR) is 91.1 cm³/mol. The highest BCUT2D eigenvalue weighted by molar-refractivity contribution is 7.22. The van der Waals surface area contributed by atoms with Crippen LogP contribution in [0.2, 0.25) is 5.02 Å². The van der Waals surface area contributed by atoms with E-state index < -0.39 is 0 Å². The highest BCUT2D eigenvalue weighted by Gasteiger charge is 2.18. The monoisotopic (exact) mass is 324 g/mol. The Morgan fingerprint density at radius 2 is 2.14 bits per heavy atom. The van der Waals surface area contributed by atoms with Crippen molar-refractivity contribution in [3.05, 3.63) is 23.2 Å². The molecule has 0 aliphatic carbocycles. The molecule has 1 N–H and O–H groups in total. The number of halogens is 1. The van der Waals surface area contributed by atoms with Crippen LogP contribution >= 0.6 is 22.9 Å². The molecule has 1 atom stereocenters. The fourth-order valence-electron chi connectivity index (χ4n) is 2.56. The zero-order valence-corrected chi connectivity index (χ0v) is 14.4. The van der Waals surface area contributed by atoms with Gasteiger partial charge < -0.3 is 5.32 Å². The third-order valence-corrected chi connectivity index (χ3v) is 4.26. The SMILES string of the molecule is CC(CC(=O)Nc1nc2ccc(Cl)cc2s1)CC(C)(C)C. The lowest BCUT2D eigenvalue weighted by Crippen LogP contribution is -2.18. The Balaban J connectivity index is 1.98. The molecule has 1 aromatic heterocycles. The molecule has 0 saturated carbocycles. The van der Waals surface area contributed by atoms with Gasteiger partial charge in [0.1, 0.15) is 0 Å². The maximum atomic E-state index is 12.1. The Bertz CT molecular complexity index is 645. The molecule has 3 nitrogen and oxygen atoms in total. The van der Waals surface area contributed by atoms with Crippen LogP contribution in [0, 0.1) is 11.3 Å². The van der Waals surface area contributed by atoms with Gasteiger partial charge in [0.05, 0.1) is 10.2 Å². The van der Waals surface area contributed by atoms with Crippen molar-refractivity contribution < 1.29 is 4.79 Å². The molecule has 21 heavy (non-hydrogen) atoms. The number of amides is 1. The summed E-state index contributed by atoms with van der Waals surface area (Å²) < 4.78 is 0.987. The van der Waals surface area contributed by atoms with Crippen molar-refractivity contribution in [3.63, 3.8) is 0 Å². The van der Waals surface area contributed by atoms with E-state index >= 15 is 0 Å². The summed E-state index contributed by atoms with van der Waals surface area (Å²) in [4.78, 5) is 16.5. The van der Waals surface area contributed by atoms with Gasteiger partial charge in [0.15, 0.2) is 5.13 Å². The summed E-state index contributed by atoms with van der Waals surface area (Å²) in [6.45, 7) is 8.69. The van der Waals surface area contributed by atoms with E-state index in [1.807, 2.05) is 12.1 Å². The fraction of sp³-hybridized carbons (Fsp3) is 0.500. The summed E-state index contributed by atoms with van der Waals surface area (Å²) >= 11 is 7.41. The molecular weight excluding hydrogens is 304 g/mol. The van der Waals surface area contributed by atoms with Gasteiger partial charge in [-0.05, 0) is 36.0 Å². The van der Waals surface area contributed by atoms with Gasteiger partial charge in [-0.1, -0.05) is 50.6 Å². The molecule has 1 unspecified atom stereocenters. The van der Waals surface area contributed by atoms with Gasteiger partial charge in [-0.3, -0.25) is 4.79 Å². The van der Waals surface area contributed by atoms with Crippen molar-refractivity contribution in [3.8, 4) is 0 Å². The van der Waals surface area contributed by atoms with Crippen LogP contribution in [0.3, 0.4) is 0 Å². The van der Waals surface area contributed by atoms with E-state index in [2.05, 4.69) is 38.0 Å². The number of aromatic nitrogens is 1. The number of nitrogens with zero attached hydrogens (tertiary/aromatic N) is 1. The number of carbonyl (C=O) groups excluding carboxylic acids is 1. The topological polar surface area (TPSA) is 42.0 Å². The molecule has 0 bridgehead atoms. The minimum Gasteiger partial charge on any atom is -0.302 e. The van der Waals surface area contributed by atoms with Crippen molar-refractivity contribution in [2.75, 3.05) is 5.32 Å². The molecule has 5 heteroatoms. The van der Waals surface area contributed by atoms with E-state index in [1.54, 1.807) is 6.07 Å². The normalized spacial score (nSPS) is 13.4.